The maximum atomic E-state index is 5.55. The highest BCUT2D eigenvalue weighted by molar-refractivity contribution is 7.09. The maximum Gasteiger partial charge on any atom is 0.226 e. The van der Waals surface area contributed by atoms with E-state index in [4.69, 9.17) is 4.42 Å². The van der Waals surface area contributed by atoms with E-state index in [-0.39, 0.29) is 0 Å². The van der Waals surface area contributed by atoms with Gasteiger partial charge in [-0.3, -0.25) is 4.90 Å². The van der Waals surface area contributed by atoms with Gasteiger partial charge >= 0.3 is 0 Å². The molecule has 3 rings (SSSR count). The van der Waals surface area contributed by atoms with Gasteiger partial charge < -0.3 is 4.42 Å². The van der Waals surface area contributed by atoms with Crippen molar-refractivity contribution in [2.45, 2.75) is 20.0 Å². The van der Waals surface area contributed by atoms with Gasteiger partial charge in [-0.2, -0.15) is 0 Å². The molecule has 0 bridgehead atoms. The minimum atomic E-state index is 0.670. The number of rotatable bonds is 5. The van der Waals surface area contributed by atoms with E-state index in [0.29, 0.717) is 5.89 Å². The molecule has 0 atom stereocenters. The van der Waals surface area contributed by atoms with Crippen LogP contribution >= 0.6 is 11.3 Å². The van der Waals surface area contributed by atoms with Gasteiger partial charge in [0.1, 0.15) is 6.26 Å². The standard InChI is InChI=1S/C16H17N3OS/c1-12-17-15(11-21-12)9-19(2)8-14-10-20-16(18-14)13-6-4-3-5-7-13/h3-7,10-11H,8-9H2,1-2H3. The van der Waals surface area contributed by atoms with Crippen LogP contribution in [0.4, 0.5) is 0 Å². The molecule has 0 amide bonds. The Morgan fingerprint density at radius 2 is 1.86 bits per heavy atom. The quantitative estimate of drug-likeness (QED) is 0.720. The summed E-state index contributed by atoms with van der Waals surface area (Å²) in [6.45, 7) is 3.59. The summed E-state index contributed by atoms with van der Waals surface area (Å²) in [4.78, 5) is 11.2. The molecule has 0 saturated carbocycles. The van der Waals surface area contributed by atoms with Gasteiger partial charge in [0.05, 0.1) is 16.4 Å². The summed E-state index contributed by atoms with van der Waals surface area (Å²) >= 11 is 1.68. The number of oxazole rings is 1. The van der Waals surface area contributed by atoms with Crippen molar-refractivity contribution in [2.24, 2.45) is 0 Å². The summed E-state index contributed by atoms with van der Waals surface area (Å²) in [5.41, 5.74) is 3.04. The lowest BCUT2D eigenvalue weighted by atomic mass is 10.2. The number of benzene rings is 1. The molecule has 108 valence electrons. The van der Waals surface area contributed by atoms with Crippen molar-refractivity contribution in [2.75, 3.05) is 7.05 Å². The normalized spacial score (nSPS) is 11.2. The van der Waals surface area contributed by atoms with Gasteiger partial charge in [-0.1, -0.05) is 18.2 Å². The Morgan fingerprint density at radius 1 is 1.10 bits per heavy atom. The maximum absolute atomic E-state index is 5.55. The van der Waals surface area contributed by atoms with Gasteiger partial charge in [0, 0.05) is 24.0 Å². The van der Waals surface area contributed by atoms with E-state index in [1.165, 1.54) is 0 Å². The summed E-state index contributed by atoms with van der Waals surface area (Å²) in [7, 11) is 2.06. The molecule has 5 heteroatoms. The summed E-state index contributed by atoms with van der Waals surface area (Å²) in [5.74, 6) is 0.670. The molecule has 2 heterocycles. The molecule has 0 radical (unpaired) electrons. The molecule has 0 spiro atoms. The van der Waals surface area contributed by atoms with Crippen molar-refractivity contribution in [3.63, 3.8) is 0 Å². The Hall–Kier alpha value is -1.98. The molecular formula is C16H17N3OS. The lowest BCUT2D eigenvalue weighted by molar-refractivity contribution is 0.311. The molecule has 21 heavy (non-hydrogen) atoms. The first kappa shape index (κ1) is 14.0. The average Bonchev–Trinajstić information content (AvgIpc) is 3.09. The van der Waals surface area contributed by atoms with E-state index in [1.807, 2.05) is 37.3 Å². The van der Waals surface area contributed by atoms with Crippen LogP contribution in [0.5, 0.6) is 0 Å². The molecule has 0 aliphatic heterocycles. The lowest BCUT2D eigenvalue weighted by Gasteiger charge is -2.12. The first-order valence-corrected chi connectivity index (χ1v) is 7.68. The van der Waals surface area contributed by atoms with Crippen molar-refractivity contribution in [1.82, 2.24) is 14.9 Å². The van der Waals surface area contributed by atoms with E-state index in [2.05, 4.69) is 27.3 Å². The molecule has 0 aliphatic carbocycles. The Morgan fingerprint density at radius 3 is 2.57 bits per heavy atom. The van der Waals surface area contributed by atoms with E-state index < -0.39 is 0 Å². The van der Waals surface area contributed by atoms with Gasteiger partial charge in [-0.25, -0.2) is 9.97 Å². The third-order valence-electron chi connectivity index (χ3n) is 3.10. The number of hydrogen-bond donors (Lipinski definition) is 0. The Labute approximate surface area is 128 Å². The highest BCUT2D eigenvalue weighted by atomic mass is 32.1. The fourth-order valence-corrected chi connectivity index (χ4v) is 2.79. The predicted molar refractivity (Wildman–Crippen MR) is 84.0 cm³/mol. The number of nitrogens with zero attached hydrogens (tertiary/aromatic N) is 3. The third-order valence-corrected chi connectivity index (χ3v) is 3.93. The van der Waals surface area contributed by atoms with Crippen molar-refractivity contribution in [1.29, 1.82) is 0 Å². The van der Waals surface area contributed by atoms with E-state index in [9.17, 15) is 0 Å². The van der Waals surface area contributed by atoms with Crippen molar-refractivity contribution in [3.8, 4) is 11.5 Å². The SMILES string of the molecule is Cc1nc(CN(C)Cc2coc(-c3ccccc3)n2)cs1. The third kappa shape index (κ3) is 3.56. The molecular weight excluding hydrogens is 282 g/mol. The monoisotopic (exact) mass is 299 g/mol. The van der Waals surface area contributed by atoms with E-state index in [0.717, 1.165) is 35.0 Å². The fourth-order valence-electron chi connectivity index (χ4n) is 2.18. The van der Waals surface area contributed by atoms with Gasteiger partial charge in [0.2, 0.25) is 5.89 Å². The fraction of sp³-hybridized carbons (Fsp3) is 0.250. The molecule has 0 unspecified atom stereocenters. The van der Waals surface area contributed by atoms with Crippen LogP contribution in [0.2, 0.25) is 0 Å². The van der Waals surface area contributed by atoms with Crippen LogP contribution in [0.1, 0.15) is 16.4 Å². The van der Waals surface area contributed by atoms with Gasteiger partial charge in [0.25, 0.3) is 0 Å². The summed E-state index contributed by atoms with van der Waals surface area (Å²) in [6.07, 6.45) is 1.73. The Kier molecular flexibility index (Phi) is 4.13. The van der Waals surface area contributed by atoms with Crippen LogP contribution in [0.25, 0.3) is 11.5 Å². The molecule has 0 fully saturated rings. The van der Waals surface area contributed by atoms with Crippen LogP contribution in [-0.2, 0) is 13.1 Å². The number of thiazole rings is 1. The molecule has 0 saturated heterocycles. The number of hydrogen-bond acceptors (Lipinski definition) is 5. The molecule has 3 aromatic rings. The Bertz CT molecular complexity index is 705. The van der Waals surface area contributed by atoms with Crippen LogP contribution in [0, 0.1) is 6.92 Å². The van der Waals surface area contributed by atoms with Crippen LogP contribution in [0.3, 0.4) is 0 Å². The van der Waals surface area contributed by atoms with Crippen molar-refractivity contribution in [3.05, 3.63) is 58.4 Å². The molecule has 4 nitrogen and oxygen atoms in total. The van der Waals surface area contributed by atoms with Crippen LogP contribution in [0.15, 0.2) is 46.4 Å². The lowest BCUT2D eigenvalue weighted by Crippen LogP contribution is -2.17. The van der Waals surface area contributed by atoms with Crippen LogP contribution in [-0.4, -0.2) is 21.9 Å². The Balaban J connectivity index is 1.64. The highest BCUT2D eigenvalue weighted by Crippen LogP contribution is 2.19. The molecule has 0 aliphatic rings. The van der Waals surface area contributed by atoms with E-state index in [1.54, 1.807) is 17.6 Å². The first-order chi connectivity index (χ1) is 10.2. The second-order valence-electron chi connectivity index (χ2n) is 5.04. The predicted octanol–water partition coefficient (Wildman–Crippen LogP) is 3.74. The minimum Gasteiger partial charge on any atom is -0.444 e. The van der Waals surface area contributed by atoms with Gasteiger partial charge in [0.15, 0.2) is 0 Å². The number of aromatic nitrogens is 2. The van der Waals surface area contributed by atoms with Crippen molar-refractivity contribution >= 4 is 11.3 Å². The first-order valence-electron chi connectivity index (χ1n) is 6.80. The van der Waals surface area contributed by atoms with Crippen LogP contribution < -0.4 is 0 Å². The molecule has 2 aromatic heterocycles. The smallest absolute Gasteiger partial charge is 0.226 e. The zero-order chi connectivity index (χ0) is 14.7. The largest absolute Gasteiger partial charge is 0.444 e. The summed E-state index contributed by atoms with van der Waals surface area (Å²) in [5, 5.41) is 3.20. The highest BCUT2D eigenvalue weighted by Gasteiger charge is 2.09. The average molecular weight is 299 g/mol. The topological polar surface area (TPSA) is 42.2 Å². The molecule has 0 N–H and O–H groups in total. The minimum absolute atomic E-state index is 0.670. The zero-order valence-corrected chi connectivity index (χ0v) is 12.9. The van der Waals surface area contributed by atoms with Gasteiger partial charge in [-0.15, -0.1) is 11.3 Å². The summed E-state index contributed by atoms with van der Waals surface area (Å²) in [6, 6.07) is 9.94. The second kappa shape index (κ2) is 6.20. The molecule has 1 aromatic carbocycles. The zero-order valence-electron chi connectivity index (χ0n) is 12.1. The second-order valence-corrected chi connectivity index (χ2v) is 6.10. The van der Waals surface area contributed by atoms with Crippen molar-refractivity contribution < 1.29 is 4.42 Å². The number of aryl methyl sites for hydroxylation is 1. The van der Waals surface area contributed by atoms with Gasteiger partial charge in [-0.05, 0) is 26.1 Å². The van der Waals surface area contributed by atoms with E-state index >= 15 is 0 Å². The summed E-state index contributed by atoms with van der Waals surface area (Å²) < 4.78 is 5.55.